The maximum atomic E-state index is 11.5. The van der Waals surface area contributed by atoms with Crippen LogP contribution in [0.4, 0.5) is 0 Å². The Labute approximate surface area is 111 Å². The van der Waals surface area contributed by atoms with E-state index in [0.717, 1.165) is 0 Å². The molecular formula is C14H15N3O2. The van der Waals surface area contributed by atoms with Gasteiger partial charge in [0.15, 0.2) is 5.60 Å². The number of hydrogen-bond acceptors (Lipinski definition) is 5. The molecule has 2 unspecified atom stereocenters. The number of esters is 1. The molecule has 2 rings (SSSR count). The first-order valence-corrected chi connectivity index (χ1v) is 6.02. The van der Waals surface area contributed by atoms with E-state index in [2.05, 4.69) is 16.6 Å². The second-order valence-corrected chi connectivity index (χ2v) is 4.53. The van der Waals surface area contributed by atoms with Crippen molar-refractivity contribution in [3.05, 3.63) is 35.4 Å². The molecule has 1 heterocycles. The Bertz CT molecular complexity index is 589. The van der Waals surface area contributed by atoms with E-state index in [1.807, 2.05) is 13.0 Å². The van der Waals surface area contributed by atoms with E-state index in [0.29, 0.717) is 16.8 Å². The molecule has 0 amide bonds. The molecule has 1 aromatic rings. The molecule has 1 N–H and O–H groups in total. The van der Waals surface area contributed by atoms with Crippen molar-refractivity contribution in [3.63, 3.8) is 0 Å². The molecule has 0 aliphatic carbocycles. The van der Waals surface area contributed by atoms with Crippen LogP contribution < -0.4 is 5.43 Å². The number of carbonyl (C=O) groups is 1. The van der Waals surface area contributed by atoms with Gasteiger partial charge in [-0.2, -0.15) is 10.4 Å². The van der Waals surface area contributed by atoms with Crippen molar-refractivity contribution in [1.82, 2.24) is 5.43 Å². The molecule has 5 heteroatoms. The first-order valence-electron chi connectivity index (χ1n) is 6.02. The fourth-order valence-corrected chi connectivity index (χ4v) is 2.46. The van der Waals surface area contributed by atoms with E-state index < -0.39 is 11.6 Å². The fraction of sp³-hybridized carbons (Fsp3) is 0.357. The van der Waals surface area contributed by atoms with E-state index in [9.17, 15) is 10.1 Å². The summed E-state index contributed by atoms with van der Waals surface area (Å²) in [6.07, 6.45) is 0. The Morgan fingerprint density at radius 3 is 2.74 bits per heavy atom. The molecule has 0 bridgehead atoms. The molecule has 0 fully saturated rings. The number of rotatable bonds is 2. The standard InChI is InChI=1S/C14H15N3O2/c1-9-14(19-11(3)18,10(2)17-16-9)13-7-5-4-6-12(13)8-15/h4-7,9,16H,1-3H3. The summed E-state index contributed by atoms with van der Waals surface area (Å²) in [5, 5.41) is 13.4. The Morgan fingerprint density at radius 2 is 2.21 bits per heavy atom. The number of nitrogens with zero attached hydrogens (tertiary/aromatic N) is 2. The summed E-state index contributed by atoms with van der Waals surface area (Å²) in [6.45, 7) is 5.01. The van der Waals surface area contributed by atoms with Gasteiger partial charge >= 0.3 is 5.97 Å². The quantitative estimate of drug-likeness (QED) is 0.818. The molecule has 0 spiro atoms. The van der Waals surface area contributed by atoms with Crippen LogP contribution in [-0.2, 0) is 15.1 Å². The molecular weight excluding hydrogens is 242 g/mol. The highest BCUT2D eigenvalue weighted by Crippen LogP contribution is 2.36. The van der Waals surface area contributed by atoms with Gasteiger partial charge in [-0.1, -0.05) is 18.2 Å². The lowest BCUT2D eigenvalue weighted by Gasteiger charge is -2.33. The van der Waals surface area contributed by atoms with Crippen molar-refractivity contribution in [1.29, 1.82) is 5.26 Å². The van der Waals surface area contributed by atoms with Crippen LogP contribution in [0.5, 0.6) is 0 Å². The van der Waals surface area contributed by atoms with E-state index >= 15 is 0 Å². The second-order valence-electron chi connectivity index (χ2n) is 4.53. The summed E-state index contributed by atoms with van der Waals surface area (Å²) in [7, 11) is 0. The SMILES string of the molecule is CC(=O)OC1(c2ccccc2C#N)C(C)=NNC1C. The van der Waals surface area contributed by atoms with Gasteiger partial charge in [0, 0.05) is 12.5 Å². The number of hydrogen-bond donors (Lipinski definition) is 1. The molecule has 0 radical (unpaired) electrons. The largest absolute Gasteiger partial charge is 0.446 e. The average molecular weight is 257 g/mol. The van der Waals surface area contributed by atoms with Gasteiger partial charge < -0.3 is 10.2 Å². The van der Waals surface area contributed by atoms with E-state index in [1.165, 1.54) is 6.92 Å². The van der Waals surface area contributed by atoms with Crippen LogP contribution in [0.25, 0.3) is 0 Å². The van der Waals surface area contributed by atoms with E-state index in [4.69, 9.17) is 4.74 Å². The van der Waals surface area contributed by atoms with Crippen LogP contribution in [0.3, 0.4) is 0 Å². The first kappa shape index (κ1) is 13.1. The lowest BCUT2D eigenvalue weighted by molar-refractivity contribution is -0.152. The fourth-order valence-electron chi connectivity index (χ4n) is 2.46. The number of benzene rings is 1. The molecule has 5 nitrogen and oxygen atoms in total. The van der Waals surface area contributed by atoms with Gasteiger partial charge in [-0.15, -0.1) is 0 Å². The van der Waals surface area contributed by atoms with Crippen molar-refractivity contribution in [2.24, 2.45) is 5.10 Å². The number of hydrazone groups is 1. The zero-order valence-corrected chi connectivity index (χ0v) is 11.1. The summed E-state index contributed by atoms with van der Waals surface area (Å²) < 4.78 is 5.57. The maximum Gasteiger partial charge on any atom is 0.303 e. The van der Waals surface area contributed by atoms with Crippen molar-refractivity contribution >= 4 is 11.7 Å². The van der Waals surface area contributed by atoms with Gasteiger partial charge in [0.05, 0.1) is 23.4 Å². The molecule has 0 saturated heterocycles. The zero-order valence-electron chi connectivity index (χ0n) is 11.1. The molecule has 2 atom stereocenters. The lowest BCUT2D eigenvalue weighted by atomic mass is 9.82. The Morgan fingerprint density at radius 1 is 1.53 bits per heavy atom. The molecule has 0 saturated carbocycles. The van der Waals surface area contributed by atoms with Crippen LogP contribution in [0, 0.1) is 11.3 Å². The van der Waals surface area contributed by atoms with Gasteiger partial charge in [0.2, 0.25) is 0 Å². The van der Waals surface area contributed by atoms with E-state index in [-0.39, 0.29) is 6.04 Å². The molecule has 19 heavy (non-hydrogen) atoms. The van der Waals surface area contributed by atoms with Crippen LogP contribution in [0.2, 0.25) is 0 Å². The van der Waals surface area contributed by atoms with Gasteiger partial charge in [0.1, 0.15) is 0 Å². The van der Waals surface area contributed by atoms with E-state index in [1.54, 1.807) is 25.1 Å². The summed E-state index contributed by atoms with van der Waals surface area (Å²) in [6, 6.07) is 9.01. The summed E-state index contributed by atoms with van der Waals surface area (Å²) in [4.78, 5) is 11.5. The van der Waals surface area contributed by atoms with Gasteiger partial charge in [0.25, 0.3) is 0 Å². The van der Waals surface area contributed by atoms with Gasteiger partial charge in [-0.25, -0.2) is 0 Å². The predicted octanol–water partition coefficient (Wildman–Crippen LogP) is 1.68. The molecule has 1 aliphatic rings. The summed E-state index contributed by atoms with van der Waals surface area (Å²) in [5.74, 6) is -0.405. The topological polar surface area (TPSA) is 74.5 Å². The molecule has 1 aromatic carbocycles. The Kier molecular flexibility index (Phi) is 3.26. The minimum atomic E-state index is -1.02. The normalized spacial score (nSPS) is 25.2. The minimum absolute atomic E-state index is 0.231. The Balaban J connectivity index is 2.66. The van der Waals surface area contributed by atoms with Gasteiger partial charge in [-0.3, -0.25) is 4.79 Å². The first-order chi connectivity index (χ1) is 9.02. The number of nitrogens with one attached hydrogen (secondary N) is 1. The third-order valence-electron chi connectivity index (χ3n) is 3.33. The van der Waals surface area contributed by atoms with Crippen molar-refractivity contribution in [2.45, 2.75) is 32.4 Å². The molecule has 98 valence electrons. The highest BCUT2D eigenvalue weighted by atomic mass is 16.6. The van der Waals surface area contributed by atoms with Crippen molar-refractivity contribution in [3.8, 4) is 6.07 Å². The monoisotopic (exact) mass is 257 g/mol. The highest BCUT2D eigenvalue weighted by Gasteiger charge is 2.49. The molecule has 0 aromatic heterocycles. The van der Waals surface area contributed by atoms with Crippen LogP contribution in [0.1, 0.15) is 31.9 Å². The third-order valence-corrected chi connectivity index (χ3v) is 3.33. The van der Waals surface area contributed by atoms with Crippen molar-refractivity contribution < 1.29 is 9.53 Å². The smallest absolute Gasteiger partial charge is 0.303 e. The summed E-state index contributed by atoms with van der Waals surface area (Å²) in [5.41, 5.74) is 3.68. The highest BCUT2D eigenvalue weighted by molar-refractivity contribution is 5.95. The van der Waals surface area contributed by atoms with Crippen LogP contribution in [-0.4, -0.2) is 17.7 Å². The second kappa shape index (κ2) is 4.73. The maximum absolute atomic E-state index is 11.5. The number of nitriles is 1. The number of carbonyl (C=O) groups excluding carboxylic acids is 1. The van der Waals surface area contributed by atoms with Crippen LogP contribution in [0.15, 0.2) is 29.4 Å². The van der Waals surface area contributed by atoms with Crippen molar-refractivity contribution in [2.75, 3.05) is 0 Å². The predicted molar refractivity (Wildman–Crippen MR) is 70.3 cm³/mol. The molecule has 1 aliphatic heterocycles. The van der Waals surface area contributed by atoms with Gasteiger partial charge in [-0.05, 0) is 19.9 Å². The zero-order chi connectivity index (χ0) is 14.0. The average Bonchev–Trinajstić information content (AvgIpc) is 2.67. The Hall–Kier alpha value is -2.35. The minimum Gasteiger partial charge on any atom is -0.446 e. The third kappa shape index (κ3) is 1.95. The summed E-state index contributed by atoms with van der Waals surface area (Å²) >= 11 is 0. The van der Waals surface area contributed by atoms with Crippen LogP contribution >= 0.6 is 0 Å². The lowest BCUT2D eigenvalue weighted by Crippen LogP contribution is -2.47. The number of ether oxygens (including phenoxy) is 1.